The zero-order valence-electron chi connectivity index (χ0n) is 11.4. The Morgan fingerprint density at radius 1 is 1.35 bits per heavy atom. The maximum atomic E-state index is 11.9. The van der Waals surface area contributed by atoms with Crippen LogP contribution >= 0.6 is 23.1 Å². The van der Waals surface area contributed by atoms with Gasteiger partial charge in [0.05, 0.1) is 11.5 Å². The van der Waals surface area contributed by atoms with Crippen molar-refractivity contribution in [1.29, 1.82) is 0 Å². The van der Waals surface area contributed by atoms with Gasteiger partial charge in [-0.05, 0) is 43.0 Å². The highest BCUT2D eigenvalue weighted by molar-refractivity contribution is 8.00. The second-order valence-electron chi connectivity index (χ2n) is 4.28. The summed E-state index contributed by atoms with van der Waals surface area (Å²) in [5.41, 5.74) is 3.75. The Morgan fingerprint density at radius 3 is 2.75 bits per heavy atom. The highest BCUT2D eigenvalue weighted by Crippen LogP contribution is 2.22. The third-order valence-electron chi connectivity index (χ3n) is 2.68. The van der Waals surface area contributed by atoms with Crippen LogP contribution in [-0.4, -0.2) is 17.4 Å². The summed E-state index contributed by atoms with van der Waals surface area (Å²) in [6.45, 7) is 3.90. The molecule has 1 N–H and O–H groups in total. The Hall–Kier alpha value is -1.59. The summed E-state index contributed by atoms with van der Waals surface area (Å²) in [6.07, 6.45) is 1.69. The van der Waals surface area contributed by atoms with E-state index in [1.807, 2.05) is 55.6 Å². The molecule has 0 saturated carbocycles. The number of hydrogen-bond acceptors (Lipinski definition) is 4. The number of thiophene rings is 1. The third-order valence-corrected chi connectivity index (χ3v) is 4.75. The highest BCUT2D eigenvalue weighted by Gasteiger charge is 2.13. The first-order chi connectivity index (χ1) is 9.66. The molecule has 1 heterocycles. The van der Waals surface area contributed by atoms with Crippen LogP contribution in [0.1, 0.15) is 17.4 Å². The first kappa shape index (κ1) is 14.8. The smallest absolute Gasteiger partial charge is 0.253 e. The summed E-state index contributed by atoms with van der Waals surface area (Å²) in [4.78, 5) is 14.1. The minimum Gasteiger partial charge on any atom is -0.272 e. The molecule has 1 aromatic carbocycles. The van der Waals surface area contributed by atoms with Crippen LogP contribution in [0, 0.1) is 6.92 Å². The van der Waals surface area contributed by atoms with Gasteiger partial charge in [0.15, 0.2) is 0 Å². The number of thioether (sulfide) groups is 1. The van der Waals surface area contributed by atoms with Gasteiger partial charge in [-0.2, -0.15) is 5.10 Å². The quantitative estimate of drug-likeness (QED) is 0.520. The van der Waals surface area contributed by atoms with Crippen molar-refractivity contribution in [3.05, 3.63) is 52.2 Å². The average molecular weight is 304 g/mol. The number of carbonyl (C=O) groups is 1. The molecule has 1 atom stereocenters. The van der Waals surface area contributed by atoms with Crippen molar-refractivity contribution in [2.24, 2.45) is 5.10 Å². The number of rotatable bonds is 5. The van der Waals surface area contributed by atoms with Crippen LogP contribution in [0.15, 0.2) is 51.8 Å². The maximum Gasteiger partial charge on any atom is 0.253 e. The second kappa shape index (κ2) is 7.26. The standard InChI is InChI=1S/C15H16N2OS2/c1-11-8-9-19-14(11)10-16-17-15(18)12(2)20-13-6-4-3-5-7-13/h3-10,12H,1-2H3,(H,17,18)/b16-10-/t12-/m1/s1. The lowest BCUT2D eigenvalue weighted by Gasteiger charge is -2.08. The van der Waals surface area contributed by atoms with Crippen LogP contribution in [0.3, 0.4) is 0 Å². The molecule has 0 spiro atoms. The topological polar surface area (TPSA) is 41.5 Å². The molecule has 1 amide bonds. The zero-order valence-corrected chi connectivity index (χ0v) is 13.0. The third kappa shape index (κ3) is 4.21. The van der Waals surface area contributed by atoms with Gasteiger partial charge in [-0.25, -0.2) is 5.43 Å². The van der Waals surface area contributed by atoms with E-state index in [-0.39, 0.29) is 11.2 Å². The molecule has 2 aromatic rings. The van der Waals surface area contributed by atoms with Crippen LogP contribution in [0.25, 0.3) is 0 Å². The van der Waals surface area contributed by atoms with Crippen molar-refractivity contribution in [1.82, 2.24) is 5.43 Å². The summed E-state index contributed by atoms with van der Waals surface area (Å²) in [5, 5.41) is 5.83. The first-order valence-electron chi connectivity index (χ1n) is 6.25. The lowest BCUT2D eigenvalue weighted by atomic mass is 10.3. The van der Waals surface area contributed by atoms with Crippen molar-refractivity contribution in [2.75, 3.05) is 0 Å². The Morgan fingerprint density at radius 2 is 2.10 bits per heavy atom. The zero-order chi connectivity index (χ0) is 14.4. The van der Waals surface area contributed by atoms with Crippen LogP contribution in [-0.2, 0) is 4.79 Å². The molecule has 0 saturated heterocycles. The van der Waals surface area contributed by atoms with Crippen LogP contribution in [0.5, 0.6) is 0 Å². The number of carbonyl (C=O) groups excluding carboxylic acids is 1. The van der Waals surface area contributed by atoms with E-state index < -0.39 is 0 Å². The van der Waals surface area contributed by atoms with Crippen LogP contribution in [0.2, 0.25) is 0 Å². The Balaban J connectivity index is 1.85. The number of nitrogens with one attached hydrogen (secondary N) is 1. The number of amides is 1. The molecule has 0 fully saturated rings. The Bertz CT molecular complexity index is 593. The molecular weight excluding hydrogens is 288 g/mol. The van der Waals surface area contributed by atoms with Gasteiger partial charge in [0, 0.05) is 9.77 Å². The molecule has 3 nitrogen and oxygen atoms in total. The van der Waals surface area contributed by atoms with Crippen molar-refractivity contribution in [3.8, 4) is 0 Å². The number of aryl methyl sites for hydroxylation is 1. The monoisotopic (exact) mass is 304 g/mol. The van der Waals surface area contributed by atoms with E-state index in [0.717, 1.165) is 9.77 Å². The van der Waals surface area contributed by atoms with Crippen molar-refractivity contribution in [3.63, 3.8) is 0 Å². The van der Waals surface area contributed by atoms with Gasteiger partial charge < -0.3 is 0 Å². The predicted molar refractivity (Wildman–Crippen MR) is 86.6 cm³/mol. The van der Waals surface area contributed by atoms with Gasteiger partial charge in [0.25, 0.3) is 5.91 Å². The number of hydrogen-bond donors (Lipinski definition) is 1. The molecule has 0 unspecified atom stereocenters. The largest absolute Gasteiger partial charge is 0.272 e. The van der Waals surface area contributed by atoms with E-state index in [9.17, 15) is 4.79 Å². The number of hydrazone groups is 1. The summed E-state index contributed by atoms with van der Waals surface area (Å²) in [7, 11) is 0. The molecule has 0 bridgehead atoms. The summed E-state index contributed by atoms with van der Waals surface area (Å²) < 4.78 is 0. The molecule has 0 aliphatic rings. The average Bonchev–Trinajstić information content (AvgIpc) is 2.85. The normalized spacial score (nSPS) is 12.5. The van der Waals surface area contributed by atoms with Gasteiger partial charge >= 0.3 is 0 Å². The van der Waals surface area contributed by atoms with E-state index in [0.29, 0.717) is 0 Å². The van der Waals surface area contributed by atoms with E-state index in [4.69, 9.17) is 0 Å². The molecule has 20 heavy (non-hydrogen) atoms. The summed E-state index contributed by atoms with van der Waals surface area (Å²) in [6, 6.07) is 11.9. The molecule has 0 radical (unpaired) electrons. The van der Waals surface area contributed by atoms with Crippen molar-refractivity contribution >= 4 is 35.2 Å². The molecule has 5 heteroatoms. The second-order valence-corrected chi connectivity index (χ2v) is 6.64. The molecule has 104 valence electrons. The van der Waals surface area contributed by atoms with E-state index in [2.05, 4.69) is 10.5 Å². The van der Waals surface area contributed by atoms with Crippen molar-refractivity contribution in [2.45, 2.75) is 24.0 Å². The van der Waals surface area contributed by atoms with Gasteiger partial charge in [-0.1, -0.05) is 18.2 Å². The Labute approximate surface area is 127 Å². The number of nitrogens with zero attached hydrogens (tertiary/aromatic N) is 1. The van der Waals surface area contributed by atoms with Gasteiger partial charge in [-0.15, -0.1) is 23.1 Å². The lowest BCUT2D eigenvalue weighted by Crippen LogP contribution is -2.26. The molecule has 0 aliphatic heterocycles. The van der Waals surface area contributed by atoms with Gasteiger partial charge in [0.2, 0.25) is 0 Å². The SMILES string of the molecule is Cc1ccsc1/C=N\NC(=O)[C@@H](C)Sc1ccccc1. The minimum absolute atomic E-state index is 0.0932. The lowest BCUT2D eigenvalue weighted by molar-refractivity contribution is -0.120. The summed E-state index contributed by atoms with van der Waals surface area (Å²) in [5.74, 6) is -0.0932. The molecule has 2 rings (SSSR count). The fourth-order valence-electron chi connectivity index (χ4n) is 1.52. The van der Waals surface area contributed by atoms with Crippen molar-refractivity contribution < 1.29 is 4.79 Å². The van der Waals surface area contributed by atoms with Crippen LogP contribution in [0.4, 0.5) is 0 Å². The molecule has 0 aliphatic carbocycles. The van der Waals surface area contributed by atoms with E-state index in [1.165, 1.54) is 17.3 Å². The fourth-order valence-corrected chi connectivity index (χ4v) is 3.19. The van der Waals surface area contributed by atoms with E-state index >= 15 is 0 Å². The Kier molecular flexibility index (Phi) is 5.38. The van der Waals surface area contributed by atoms with Crippen LogP contribution < -0.4 is 5.43 Å². The van der Waals surface area contributed by atoms with E-state index in [1.54, 1.807) is 17.6 Å². The maximum absolute atomic E-state index is 11.9. The molecule has 1 aromatic heterocycles. The number of benzene rings is 1. The van der Waals surface area contributed by atoms with Gasteiger partial charge in [0.1, 0.15) is 0 Å². The first-order valence-corrected chi connectivity index (χ1v) is 8.01. The fraction of sp³-hybridized carbons (Fsp3) is 0.200. The molecular formula is C15H16N2OS2. The minimum atomic E-state index is -0.181. The highest BCUT2D eigenvalue weighted by atomic mass is 32.2. The summed E-state index contributed by atoms with van der Waals surface area (Å²) >= 11 is 3.13. The van der Waals surface area contributed by atoms with Gasteiger partial charge in [-0.3, -0.25) is 4.79 Å². The predicted octanol–water partition coefficient (Wildman–Crippen LogP) is 3.69.